The van der Waals surface area contributed by atoms with Crippen LogP contribution in [0.25, 0.3) is 0 Å². The van der Waals surface area contributed by atoms with Gasteiger partial charge in [0.1, 0.15) is 0 Å². The number of halogens is 1. The van der Waals surface area contributed by atoms with Gasteiger partial charge in [0.2, 0.25) is 0 Å². The summed E-state index contributed by atoms with van der Waals surface area (Å²) >= 11 is 17.8. The van der Waals surface area contributed by atoms with E-state index >= 15 is 0 Å². The second-order valence-electron chi connectivity index (χ2n) is 3.00. The highest BCUT2D eigenvalue weighted by Gasteiger charge is 2.29. The van der Waals surface area contributed by atoms with Gasteiger partial charge in [-0.3, -0.25) is 0 Å². The number of hydrogen-bond donors (Lipinski definition) is 0. The second-order valence-corrected chi connectivity index (χ2v) is 13.9. The highest BCUT2D eigenvalue weighted by molar-refractivity contribution is 14.1. The van der Waals surface area contributed by atoms with Crippen LogP contribution in [0.4, 0.5) is 0 Å². The van der Waals surface area contributed by atoms with Gasteiger partial charge in [-0.25, -0.2) is 0 Å². The minimum absolute atomic E-state index is 1.12. The van der Waals surface area contributed by atoms with Crippen LogP contribution in [-0.4, -0.2) is 22.5 Å². The zero-order chi connectivity index (χ0) is 13.8. The molecule has 19 heavy (non-hydrogen) atoms. The first-order chi connectivity index (χ1) is 9.23. The highest BCUT2D eigenvalue weighted by Crippen LogP contribution is 2.65. The summed E-state index contributed by atoms with van der Waals surface area (Å²) in [6.07, 6.45) is 6.52. The topological polar surface area (TPSA) is 0 Å². The van der Waals surface area contributed by atoms with E-state index in [0.717, 1.165) is 3.76 Å². The Morgan fingerprint density at radius 1 is 0.737 bits per heavy atom. The van der Waals surface area contributed by atoms with Crippen molar-refractivity contribution in [1.29, 1.82) is 0 Å². The normalized spacial score (nSPS) is 20.2. The molecule has 0 N–H and O–H groups in total. The van der Waals surface area contributed by atoms with Gasteiger partial charge in [0, 0.05) is 0 Å². The summed E-state index contributed by atoms with van der Waals surface area (Å²) in [5, 5.41) is 0. The van der Waals surface area contributed by atoms with E-state index in [1.807, 2.05) is 94.1 Å². The summed E-state index contributed by atoms with van der Waals surface area (Å²) in [5.74, 6) is 0. The van der Waals surface area contributed by atoms with Crippen LogP contribution in [0.2, 0.25) is 0 Å². The van der Waals surface area contributed by atoms with Crippen LogP contribution in [0.3, 0.4) is 0 Å². The molecule has 0 spiro atoms. The lowest BCUT2D eigenvalue weighted by Crippen LogP contribution is -1.67. The minimum atomic E-state index is 1.12. The summed E-state index contributed by atoms with van der Waals surface area (Å²) in [7, 11) is 0. The van der Waals surface area contributed by atoms with E-state index in [2.05, 4.69) is 41.4 Å². The van der Waals surface area contributed by atoms with Gasteiger partial charge in [-0.1, -0.05) is 69.6 Å². The van der Waals surface area contributed by atoms with Crippen LogP contribution in [0.1, 0.15) is 0 Å². The average Bonchev–Trinajstić information content (AvgIpc) is 3.01. The molecule has 0 aromatic rings. The Kier molecular flexibility index (Phi) is 8.71. The maximum atomic E-state index is 2.43. The highest BCUT2D eigenvalue weighted by atomic mass is 127. The first-order valence-corrected chi connectivity index (χ1v) is 14.4. The lowest BCUT2D eigenvalue weighted by molar-refractivity contribution is 2.28. The molecule has 0 amide bonds. The van der Waals surface area contributed by atoms with Crippen LogP contribution in [0, 0.1) is 0 Å². The Balaban J connectivity index is 2.12. The lowest BCUT2D eigenvalue weighted by atomic mass is 11.2. The summed E-state index contributed by atoms with van der Waals surface area (Å²) in [6.45, 7) is 0. The molecule has 0 unspecified atom stereocenters. The Hall–Kier alpha value is 2.75. The predicted octanol–water partition coefficient (Wildman–Crippen LogP) is 7.54. The van der Waals surface area contributed by atoms with Crippen LogP contribution in [-0.2, 0) is 0 Å². The zero-order valence-electron chi connectivity index (χ0n) is 10.4. The molecule has 0 aromatic carbocycles. The minimum Gasteiger partial charge on any atom is -0.121 e. The molecule has 0 aliphatic carbocycles. The molecule has 0 nitrogen and oxygen atoms in total. The summed E-state index contributed by atoms with van der Waals surface area (Å²) in [6, 6.07) is 0. The monoisotopic (exact) mass is 514 g/mol. The van der Waals surface area contributed by atoms with Crippen molar-refractivity contribution in [3.63, 3.8) is 0 Å². The molecule has 0 fully saturated rings. The van der Waals surface area contributed by atoms with Crippen molar-refractivity contribution in [2.45, 2.75) is 0 Å². The van der Waals surface area contributed by atoms with Crippen LogP contribution >= 0.6 is 117 Å². The number of rotatable bonds is 5. The van der Waals surface area contributed by atoms with Gasteiger partial charge in [0.05, 0.1) is 29.2 Å². The van der Waals surface area contributed by atoms with E-state index in [4.69, 9.17) is 0 Å². The molecular formula is C10H11IS8. The third-order valence-electron chi connectivity index (χ3n) is 1.98. The molecule has 2 rings (SSSR count). The number of hydrogen-bond acceptors (Lipinski definition) is 8. The van der Waals surface area contributed by atoms with E-state index in [1.165, 1.54) is 25.4 Å². The fraction of sp³-hybridized carbons (Fsp3) is 0.400. The fourth-order valence-electron chi connectivity index (χ4n) is 1.22. The van der Waals surface area contributed by atoms with Crippen molar-refractivity contribution in [3.05, 3.63) is 25.4 Å². The molecule has 0 saturated carbocycles. The van der Waals surface area contributed by atoms with Crippen molar-refractivity contribution in [3.8, 4) is 0 Å². The first kappa shape index (κ1) is 18.1. The molecule has 2 aliphatic heterocycles. The Morgan fingerprint density at radius 3 is 1.47 bits per heavy atom. The maximum Gasteiger partial charge on any atom is 0.0717 e. The van der Waals surface area contributed by atoms with E-state index in [0.29, 0.717) is 0 Å². The molecule has 0 atom stereocenters. The maximum absolute atomic E-state index is 2.43. The van der Waals surface area contributed by atoms with E-state index in [9.17, 15) is 0 Å². The predicted molar refractivity (Wildman–Crippen MR) is 118 cm³/mol. The van der Waals surface area contributed by atoms with E-state index in [-0.39, 0.29) is 0 Å². The van der Waals surface area contributed by atoms with Gasteiger partial charge in [-0.15, -0.1) is 47.0 Å². The van der Waals surface area contributed by atoms with Crippen molar-refractivity contribution >= 4 is 117 Å². The van der Waals surface area contributed by atoms with Crippen molar-refractivity contribution in [2.75, 3.05) is 22.5 Å². The fourth-order valence-corrected chi connectivity index (χ4v) is 13.1. The summed E-state index contributed by atoms with van der Waals surface area (Å²) in [5.41, 5.74) is 0. The largest absolute Gasteiger partial charge is 0.121 e. The third-order valence-corrected chi connectivity index (χ3v) is 13.7. The number of thioether (sulfide) groups is 8. The second kappa shape index (κ2) is 9.14. The molecule has 106 valence electrons. The Morgan fingerprint density at radius 2 is 1.11 bits per heavy atom. The van der Waals surface area contributed by atoms with Crippen molar-refractivity contribution in [1.82, 2.24) is 0 Å². The van der Waals surface area contributed by atoms with Gasteiger partial charge < -0.3 is 0 Å². The number of alkyl halides is 1. The van der Waals surface area contributed by atoms with Crippen molar-refractivity contribution < 1.29 is 0 Å². The zero-order valence-corrected chi connectivity index (χ0v) is 19.0. The molecule has 2 heterocycles. The standard InChI is InChI=1S/C10H11IS8/c1-12-5-6(13-2)17-9(16-5)10-18-7(14-3)8(19-10)15-4-11/h4H2,1-3H3. The lowest BCUT2D eigenvalue weighted by Gasteiger charge is -2.01. The van der Waals surface area contributed by atoms with Gasteiger partial charge in [-0.05, 0) is 18.8 Å². The van der Waals surface area contributed by atoms with Crippen LogP contribution < -0.4 is 0 Å². The Bertz CT molecular complexity index is 434. The molecule has 0 radical (unpaired) electrons. The molecule has 0 aromatic heterocycles. The van der Waals surface area contributed by atoms with Gasteiger partial charge in [-0.2, -0.15) is 0 Å². The third kappa shape index (κ3) is 4.62. The van der Waals surface area contributed by atoms with Gasteiger partial charge in [0.15, 0.2) is 0 Å². The summed E-state index contributed by atoms with van der Waals surface area (Å²) in [4.78, 5) is 0. The molecule has 9 heteroatoms. The molecule has 0 bridgehead atoms. The van der Waals surface area contributed by atoms with E-state index < -0.39 is 0 Å². The Labute approximate surface area is 162 Å². The van der Waals surface area contributed by atoms with Crippen LogP contribution in [0.15, 0.2) is 25.4 Å². The quantitative estimate of drug-likeness (QED) is 0.269. The van der Waals surface area contributed by atoms with Gasteiger partial charge >= 0.3 is 0 Å². The molecule has 0 saturated heterocycles. The summed E-state index contributed by atoms with van der Waals surface area (Å²) < 4.78 is 9.95. The van der Waals surface area contributed by atoms with E-state index in [1.54, 1.807) is 0 Å². The van der Waals surface area contributed by atoms with Crippen molar-refractivity contribution in [2.24, 2.45) is 0 Å². The molecule has 2 aliphatic rings. The van der Waals surface area contributed by atoms with Crippen LogP contribution in [0.5, 0.6) is 0 Å². The SMILES string of the molecule is CSC1=C(SC)SC(=C2SC(SC)=C(SCI)S2)S1. The van der Waals surface area contributed by atoms with Gasteiger partial charge in [0.25, 0.3) is 0 Å². The average molecular weight is 515 g/mol. The smallest absolute Gasteiger partial charge is 0.0717 e. The first-order valence-electron chi connectivity index (χ1n) is 4.98. The molecular weight excluding hydrogens is 504 g/mol.